The molecule has 204 valence electrons. The molecule has 3 heterocycles. The van der Waals surface area contributed by atoms with E-state index < -0.39 is 5.41 Å². The number of H-pyrrole nitrogens is 1. The number of aromatic amines is 1. The number of imidazole rings is 1. The van der Waals surface area contributed by atoms with Crippen molar-refractivity contribution in [3.05, 3.63) is 108 Å². The molecule has 0 aliphatic carbocycles. The molecule has 0 bridgehead atoms. The van der Waals surface area contributed by atoms with Gasteiger partial charge in [-0.1, -0.05) is 66.7 Å². The van der Waals surface area contributed by atoms with E-state index >= 15 is 0 Å². The summed E-state index contributed by atoms with van der Waals surface area (Å²) in [6, 6.07) is 27.4. The molecule has 4 aromatic rings. The van der Waals surface area contributed by atoms with Crippen LogP contribution in [0, 0.1) is 0 Å². The van der Waals surface area contributed by atoms with Crippen LogP contribution in [0.5, 0.6) is 0 Å². The maximum absolute atomic E-state index is 14.5. The fraction of sp³-hybridized carbons (Fsp3) is 0.290. The van der Waals surface area contributed by atoms with E-state index in [-0.39, 0.29) is 30.7 Å². The summed E-state index contributed by atoms with van der Waals surface area (Å²) in [5.74, 6) is 0.210. The lowest BCUT2D eigenvalue weighted by atomic mass is 9.73. The van der Waals surface area contributed by atoms with E-state index in [1.165, 1.54) is 22.4 Å². The Balaban J connectivity index is 0.00000176. The molecular formula is C31H34Cl2N4O2. The largest absolute Gasteiger partial charge is 0.381 e. The lowest BCUT2D eigenvalue weighted by molar-refractivity contribution is -0.141. The molecule has 0 atom stereocenters. The van der Waals surface area contributed by atoms with E-state index in [0.29, 0.717) is 39.1 Å². The lowest BCUT2D eigenvalue weighted by Crippen LogP contribution is -2.50. The van der Waals surface area contributed by atoms with Crippen molar-refractivity contribution < 1.29 is 9.53 Å². The van der Waals surface area contributed by atoms with E-state index in [0.717, 1.165) is 24.3 Å². The smallest absolute Gasteiger partial charge is 0.233 e. The van der Waals surface area contributed by atoms with Gasteiger partial charge in [-0.2, -0.15) is 0 Å². The van der Waals surface area contributed by atoms with Crippen molar-refractivity contribution >= 4 is 36.4 Å². The Morgan fingerprint density at radius 3 is 2.31 bits per heavy atom. The van der Waals surface area contributed by atoms with Crippen molar-refractivity contribution in [2.45, 2.75) is 31.3 Å². The number of anilines is 1. The molecule has 8 heteroatoms. The van der Waals surface area contributed by atoms with Crippen LogP contribution in [0.25, 0.3) is 11.1 Å². The van der Waals surface area contributed by atoms with Crippen molar-refractivity contribution in [1.82, 2.24) is 14.9 Å². The summed E-state index contributed by atoms with van der Waals surface area (Å²) >= 11 is 0. The predicted molar refractivity (Wildman–Crippen MR) is 160 cm³/mol. The van der Waals surface area contributed by atoms with E-state index in [1.807, 2.05) is 30.5 Å². The molecule has 39 heavy (non-hydrogen) atoms. The highest BCUT2D eigenvalue weighted by Gasteiger charge is 2.44. The molecule has 0 radical (unpaired) electrons. The molecule has 1 N–H and O–H groups in total. The molecular weight excluding hydrogens is 531 g/mol. The first kappa shape index (κ1) is 28.7. The average Bonchev–Trinajstić information content (AvgIpc) is 3.42. The number of nitrogens with zero attached hydrogens (tertiary/aromatic N) is 3. The fourth-order valence-electron chi connectivity index (χ4n) is 5.80. The third-order valence-corrected chi connectivity index (χ3v) is 7.81. The first-order chi connectivity index (χ1) is 18.2. The summed E-state index contributed by atoms with van der Waals surface area (Å²) in [6.45, 7) is 3.94. The Morgan fingerprint density at radius 2 is 1.62 bits per heavy atom. The molecule has 6 nitrogen and oxygen atoms in total. The van der Waals surface area contributed by atoms with Gasteiger partial charge in [0.05, 0.1) is 24.0 Å². The quantitative estimate of drug-likeness (QED) is 0.322. The Bertz CT molecular complexity index is 1340. The molecule has 2 aliphatic heterocycles. The zero-order valence-electron chi connectivity index (χ0n) is 21.8. The first-order valence-corrected chi connectivity index (χ1v) is 13.1. The number of halogens is 2. The predicted octanol–water partition coefficient (Wildman–Crippen LogP) is 6.02. The Kier molecular flexibility index (Phi) is 9.33. The van der Waals surface area contributed by atoms with Crippen LogP contribution in [0.4, 0.5) is 5.69 Å². The summed E-state index contributed by atoms with van der Waals surface area (Å²) in [4.78, 5) is 26.3. The number of carbonyl (C=O) groups excluding carboxylic acids is 1. The number of rotatable bonds is 5. The number of aromatic nitrogens is 2. The van der Waals surface area contributed by atoms with Crippen molar-refractivity contribution in [3.8, 4) is 11.1 Å². The summed E-state index contributed by atoms with van der Waals surface area (Å²) < 4.78 is 5.72. The lowest BCUT2D eigenvalue weighted by Gasteiger charge is -2.40. The number of hydrogen-bond donors (Lipinski definition) is 1. The molecule has 3 aromatic carbocycles. The van der Waals surface area contributed by atoms with Crippen LogP contribution in [0.2, 0.25) is 0 Å². The highest BCUT2D eigenvalue weighted by atomic mass is 35.5. The van der Waals surface area contributed by atoms with E-state index in [4.69, 9.17) is 4.74 Å². The molecule has 6 rings (SSSR count). The van der Waals surface area contributed by atoms with Crippen LogP contribution in [0.1, 0.15) is 29.7 Å². The summed E-state index contributed by atoms with van der Waals surface area (Å²) in [5.41, 5.74) is 6.29. The maximum Gasteiger partial charge on any atom is 0.233 e. The zero-order chi connectivity index (χ0) is 25.1. The molecule has 1 aromatic heterocycles. The van der Waals surface area contributed by atoms with E-state index in [2.05, 4.69) is 74.4 Å². The van der Waals surface area contributed by atoms with E-state index in [1.54, 1.807) is 6.33 Å². The Labute approximate surface area is 242 Å². The van der Waals surface area contributed by atoms with Crippen LogP contribution >= 0.6 is 24.8 Å². The van der Waals surface area contributed by atoms with E-state index in [9.17, 15) is 4.79 Å². The minimum absolute atomic E-state index is 0. The second kappa shape index (κ2) is 12.7. The average molecular weight is 566 g/mol. The highest BCUT2D eigenvalue weighted by molar-refractivity contribution is 5.89. The maximum atomic E-state index is 14.5. The van der Waals surface area contributed by atoms with Gasteiger partial charge in [-0.3, -0.25) is 4.79 Å². The third-order valence-electron chi connectivity index (χ3n) is 7.81. The van der Waals surface area contributed by atoms with Crippen LogP contribution < -0.4 is 4.90 Å². The van der Waals surface area contributed by atoms with Gasteiger partial charge in [0.2, 0.25) is 5.91 Å². The van der Waals surface area contributed by atoms with Gasteiger partial charge >= 0.3 is 0 Å². The number of nitrogens with one attached hydrogen (secondary N) is 1. The SMILES string of the molecule is Cl.Cl.O=C(N1CCN(Cc2cnc[nH]2)c2ccc(-c3ccccc3)cc2C1)C1(c2ccccc2)CCOCC1. The van der Waals surface area contributed by atoms with Gasteiger partial charge in [-0.15, -0.1) is 24.8 Å². The minimum atomic E-state index is -0.546. The molecule has 1 saturated heterocycles. The molecule has 0 unspecified atom stereocenters. The first-order valence-electron chi connectivity index (χ1n) is 13.1. The number of benzene rings is 3. The summed E-state index contributed by atoms with van der Waals surface area (Å²) in [5, 5.41) is 0. The molecule has 2 aliphatic rings. The van der Waals surface area contributed by atoms with Gasteiger partial charge in [-0.05, 0) is 47.2 Å². The second-order valence-corrected chi connectivity index (χ2v) is 10.00. The summed E-state index contributed by atoms with van der Waals surface area (Å²) in [6.07, 6.45) is 5.01. The van der Waals surface area contributed by atoms with Gasteiger partial charge < -0.3 is 19.5 Å². The van der Waals surface area contributed by atoms with Crippen molar-refractivity contribution in [2.24, 2.45) is 0 Å². The van der Waals surface area contributed by atoms with Crippen LogP contribution in [0.3, 0.4) is 0 Å². The monoisotopic (exact) mass is 564 g/mol. The van der Waals surface area contributed by atoms with Gasteiger partial charge in [0.15, 0.2) is 0 Å². The Hall–Kier alpha value is -3.32. The highest BCUT2D eigenvalue weighted by Crippen LogP contribution is 2.39. The third kappa shape index (κ3) is 5.83. The van der Waals surface area contributed by atoms with Crippen molar-refractivity contribution in [1.29, 1.82) is 0 Å². The number of hydrogen-bond acceptors (Lipinski definition) is 4. The molecule has 0 saturated carbocycles. The fourth-order valence-corrected chi connectivity index (χ4v) is 5.80. The van der Waals surface area contributed by atoms with Crippen molar-refractivity contribution in [3.63, 3.8) is 0 Å². The van der Waals surface area contributed by atoms with Gasteiger partial charge in [-0.25, -0.2) is 4.98 Å². The van der Waals surface area contributed by atoms with Crippen molar-refractivity contribution in [2.75, 3.05) is 31.2 Å². The normalized spacial score (nSPS) is 16.3. The minimum Gasteiger partial charge on any atom is -0.381 e. The molecule has 1 fully saturated rings. The second-order valence-electron chi connectivity index (χ2n) is 10.00. The van der Waals surface area contributed by atoms with Gasteiger partial charge in [0, 0.05) is 44.7 Å². The number of ether oxygens (including phenoxy) is 1. The topological polar surface area (TPSA) is 61.5 Å². The number of fused-ring (bicyclic) bond motifs is 1. The van der Waals surface area contributed by atoms with Crippen LogP contribution in [0.15, 0.2) is 91.4 Å². The van der Waals surface area contributed by atoms with Gasteiger partial charge in [0.25, 0.3) is 0 Å². The number of carbonyl (C=O) groups is 1. The Morgan fingerprint density at radius 1 is 0.897 bits per heavy atom. The molecule has 1 amide bonds. The van der Waals surface area contributed by atoms with Crippen LogP contribution in [-0.4, -0.2) is 47.1 Å². The standard InChI is InChI=1S/C31H32N4O2.2ClH/c36-30(31(13-17-37-18-14-31)27-9-5-2-6-10-27)35-16-15-34(22-28-20-32-23-33-28)29-12-11-25(19-26(29)21-35)24-7-3-1-4-8-24;;/h1-12,19-20,23H,13-18,21-22H2,(H,32,33);2*1H. The van der Waals surface area contributed by atoms with Gasteiger partial charge in [0.1, 0.15) is 0 Å². The van der Waals surface area contributed by atoms with Crippen LogP contribution in [-0.2, 0) is 28.0 Å². The summed E-state index contributed by atoms with van der Waals surface area (Å²) in [7, 11) is 0. The number of amides is 1. The zero-order valence-corrected chi connectivity index (χ0v) is 23.4. The molecule has 0 spiro atoms.